The van der Waals surface area contributed by atoms with Gasteiger partial charge in [-0.2, -0.15) is 0 Å². The van der Waals surface area contributed by atoms with Crippen LogP contribution in [0, 0.1) is 0 Å². The van der Waals surface area contributed by atoms with E-state index in [0.29, 0.717) is 0 Å². The molecule has 254 valence electrons. The zero-order valence-electron chi connectivity index (χ0n) is 29.6. The minimum absolute atomic E-state index is 0.852. The number of rotatable bonds is 7. The zero-order valence-corrected chi connectivity index (χ0v) is 29.6. The van der Waals surface area contributed by atoms with E-state index in [1.165, 1.54) is 33.4 Å². The Labute approximate surface area is 314 Å². The first-order valence-corrected chi connectivity index (χ1v) is 18.4. The topological polar surface area (TPSA) is 16.4 Å². The third kappa shape index (κ3) is 5.62. The Morgan fingerprint density at radius 2 is 0.685 bits per heavy atom. The van der Waals surface area contributed by atoms with Crippen LogP contribution in [0.25, 0.3) is 77.2 Å². The van der Waals surface area contributed by atoms with Gasteiger partial charge < -0.3 is 9.32 Å². The Morgan fingerprint density at radius 1 is 0.278 bits per heavy atom. The molecule has 0 fully saturated rings. The normalized spacial score (nSPS) is 11.3. The van der Waals surface area contributed by atoms with Crippen LogP contribution in [0.4, 0.5) is 17.1 Å². The van der Waals surface area contributed by atoms with E-state index >= 15 is 0 Å². The maximum Gasteiger partial charge on any atom is 0.160 e. The lowest BCUT2D eigenvalue weighted by Crippen LogP contribution is -2.11. The van der Waals surface area contributed by atoms with Gasteiger partial charge in [-0.05, 0) is 80.7 Å². The van der Waals surface area contributed by atoms with Crippen LogP contribution in [0.1, 0.15) is 0 Å². The summed E-state index contributed by atoms with van der Waals surface area (Å²) in [6.07, 6.45) is 0. The van der Waals surface area contributed by atoms with Crippen LogP contribution in [-0.2, 0) is 0 Å². The summed E-state index contributed by atoms with van der Waals surface area (Å²) in [5, 5.41) is 4.46. The second-order valence-electron chi connectivity index (χ2n) is 13.7. The van der Waals surface area contributed by atoms with Gasteiger partial charge in [0, 0.05) is 33.1 Å². The third-order valence-corrected chi connectivity index (χ3v) is 10.5. The fourth-order valence-electron chi connectivity index (χ4n) is 7.76. The molecule has 0 aliphatic rings. The highest BCUT2D eigenvalue weighted by Crippen LogP contribution is 2.49. The summed E-state index contributed by atoms with van der Waals surface area (Å²) in [5.74, 6) is 0. The standard InChI is InChI=1S/C52H35NO/c1-4-12-36(13-5-1)39-20-22-43(23-21-39)46-34-35-49-48-33-28-42-18-10-11-19-47(42)51(48)54-52(49)50(46)53(44-29-24-40(25-30-44)37-14-6-2-7-15-37)45-31-26-41(27-32-45)38-16-8-3-9-17-38/h1-35H. The van der Waals surface area contributed by atoms with Gasteiger partial charge in [0.2, 0.25) is 0 Å². The molecule has 2 nitrogen and oxygen atoms in total. The first-order valence-electron chi connectivity index (χ1n) is 18.4. The molecule has 2 heteroatoms. The molecule has 0 atom stereocenters. The summed E-state index contributed by atoms with van der Waals surface area (Å²) in [4.78, 5) is 2.37. The molecule has 0 amide bonds. The summed E-state index contributed by atoms with van der Waals surface area (Å²) < 4.78 is 7.12. The lowest BCUT2D eigenvalue weighted by Gasteiger charge is -2.28. The molecule has 0 bridgehead atoms. The monoisotopic (exact) mass is 689 g/mol. The quantitative estimate of drug-likeness (QED) is 0.166. The SMILES string of the molecule is c1ccc(-c2ccc(-c3ccc4c(oc5c6ccccc6ccc45)c3N(c3ccc(-c4ccccc4)cc3)c3ccc(-c4ccccc4)cc3)cc2)cc1. The fraction of sp³-hybridized carbons (Fsp3) is 0. The Hall–Kier alpha value is -7.16. The Bertz CT molecular complexity index is 2790. The van der Waals surface area contributed by atoms with Crippen molar-refractivity contribution in [1.29, 1.82) is 0 Å². The van der Waals surface area contributed by atoms with E-state index in [9.17, 15) is 0 Å². The second kappa shape index (κ2) is 13.4. The predicted molar refractivity (Wildman–Crippen MR) is 228 cm³/mol. The van der Waals surface area contributed by atoms with E-state index in [1.54, 1.807) is 0 Å². The van der Waals surface area contributed by atoms with Gasteiger partial charge in [-0.15, -0.1) is 0 Å². The average molecular weight is 690 g/mol. The lowest BCUT2D eigenvalue weighted by atomic mass is 9.96. The van der Waals surface area contributed by atoms with Crippen molar-refractivity contribution < 1.29 is 4.42 Å². The lowest BCUT2D eigenvalue weighted by molar-refractivity contribution is 0.673. The molecule has 0 radical (unpaired) electrons. The maximum absolute atomic E-state index is 7.12. The number of anilines is 3. The summed E-state index contributed by atoms with van der Waals surface area (Å²) in [6, 6.07) is 75.7. The second-order valence-corrected chi connectivity index (χ2v) is 13.7. The highest BCUT2D eigenvalue weighted by atomic mass is 16.3. The Morgan fingerprint density at radius 3 is 1.22 bits per heavy atom. The van der Waals surface area contributed by atoms with Crippen molar-refractivity contribution in [3.63, 3.8) is 0 Å². The van der Waals surface area contributed by atoms with Crippen molar-refractivity contribution in [3.05, 3.63) is 212 Å². The molecule has 0 spiro atoms. The highest BCUT2D eigenvalue weighted by molar-refractivity contribution is 6.19. The van der Waals surface area contributed by atoms with Crippen LogP contribution in [0.2, 0.25) is 0 Å². The van der Waals surface area contributed by atoms with Gasteiger partial charge in [0.1, 0.15) is 5.58 Å². The van der Waals surface area contributed by atoms with E-state index in [-0.39, 0.29) is 0 Å². The van der Waals surface area contributed by atoms with Crippen molar-refractivity contribution in [3.8, 4) is 44.5 Å². The van der Waals surface area contributed by atoms with Gasteiger partial charge >= 0.3 is 0 Å². The highest BCUT2D eigenvalue weighted by Gasteiger charge is 2.25. The van der Waals surface area contributed by atoms with Crippen LogP contribution in [0.3, 0.4) is 0 Å². The molecule has 0 aliphatic heterocycles. The van der Waals surface area contributed by atoms with Crippen LogP contribution in [0.5, 0.6) is 0 Å². The number of furan rings is 1. The van der Waals surface area contributed by atoms with Gasteiger partial charge in [-0.1, -0.05) is 176 Å². The Kier molecular flexibility index (Phi) is 7.85. The van der Waals surface area contributed by atoms with Gasteiger partial charge in [-0.25, -0.2) is 0 Å². The molecule has 0 aliphatic carbocycles. The first-order chi connectivity index (χ1) is 26.8. The van der Waals surface area contributed by atoms with Crippen LogP contribution in [0.15, 0.2) is 217 Å². The average Bonchev–Trinajstić information content (AvgIpc) is 3.65. The van der Waals surface area contributed by atoms with Gasteiger partial charge in [0.05, 0.1) is 5.69 Å². The molecule has 0 unspecified atom stereocenters. The van der Waals surface area contributed by atoms with E-state index < -0.39 is 0 Å². The molecule has 0 saturated carbocycles. The number of hydrogen-bond acceptors (Lipinski definition) is 2. The Balaban J connectivity index is 1.23. The van der Waals surface area contributed by atoms with E-state index in [0.717, 1.165) is 60.9 Å². The van der Waals surface area contributed by atoms with E-state index in [4.69, 9.17) is 4.42 Å². The van der Waals surface area contributed by atoms with E-state index in [1.807, 2.05) is 0 Å². The van der Waals surface area contributed by atoms with Crippen LogP contribution < -0.4 is 4.90 Å². The number of fused-ring (bicyclic) bond motifs is 5. The van der Waals surface area contributed by atoms with E-state index in [2.05, 4.69) is 217 Å². The number of hydrogen-bond donors (Lipinski definition) is 0. The zero-order chi connectivity index (χ0) is 35.8. The minimum atomic E-state index is 0.852. The number of nitrogens with zero attached hydrogens (tertiary/aromatic N) is 1. The largest absolute Gasteiger partial charge is 0.453 e. The predicted octanol–water partition coefficient (Wildman–Crippen LogP) is 14.9. The summed E-state index contributed by atoms with van der Waals surface area (Å²) in [7, 11) is 0. The van der Waals surface area contributed by atoms with Crippen molar-refractivity contribution in [2.45, 2.75) is 0 Å². The minimum Gasteiger partial charge on any atom is -0.453 e. The molecule has 1 aromatic heterocycles. The maximum atomic E-state index is 7.12. The van der Waals surface area contributed by atoms with Crippen molar-refractivity contribution in [2.24, 2.45) is 0 Å². The smallest absolute Gasteiger partial charge is 0.160 e. The molecule has 10 rings (SSSR count). The summed E-state index contributed by atoms with van der Waals surface area (Å²) in [6.45, 7) is 0. The van der Waals surface area contributed by atoms with Crippen molar-refractivity contribution in [1.82, 2.24) is 0 Å². The summed E-state index contributed by atoms with van der Waals surface area (Å²) >= 11 is 0. The first kappa shape index (κ1) is 31.6. The van der Waals surface area contributed by atoms with Gasteiger partial charge in [0.25, 0.3) is 0 Å². The molecular weight excluding hydrogens is 655 g/mol. The molecule has 0 saturated heterocycles. The fourth-order valence-corrected chi connectivity index (χ4v) is 7.76. The molecular formula is C52H35NO. The molecule has 10 aromatic rings. The molecule has 1 heterocycles. The number of benzene rings is 9. The van der Waals surface area contributed by atoms with Crippen LogP contribution in [-0.4, -0.2) is 0 Å². The molecule has 0 N–H and O–H groups in total. The van der Waals surface area contributed by atoms with Crippen molar-refractivity contribution in [2.75, 3.05) is 4.90 Å². The molecule has 54 heavy (non-hydrogen) atoms. The van der Waals surface area contributed by atoms with Crippen molar-refractivity contribution >= 4 is 49.8 Å². The van der Waals surface area contributed by atoms with Gasteiger partial charge in [0.15, 0.2) is 5.58 Å². The van der Waals surface area contributed by atoms with Crippen LogP contribution >= 0.6 is 0 Å². The van der Waals surface area contributed by atoms with Gasteiger partial charge in [-0.3, -0.25) is 0 Å². The molecule has 9 aromatic carbocycles. The summed E-state index contributed by atoms with van der Waals surface area (Å²) in [5.41, 5.74) is 14.1. The third-order valence-electron chi connectivity index (χ3n) is 10.5.